The highest BCUT2D eigenvalue weighted by Crippen LogP contribution is 2.49. The van der Waals surface area contributed by atoms with Crippen LogP contribution in [0.25, 0.3) is 0 Å². The Morgan fingerprint density at radius 2 is 0.868 bits per heavy atom. The van der Waals surface area contributed by atoms with Crippen molar-refractivity contribution in [2.45, 2.75) is 111 Å². The molecule has 0 fully saturated rings. The van der Waals surface area contributed by atoms with Crippen LogP contribution in [0.15, 0.2) is 48.5 Å². The lowest BCUT2D eigenvalue weighted by atomic mass is 9.72. The molecule has 3 heteroatoms. The third-order valence-electron chi connectivity index (χ3n) is 7.52. The molecule has 0 radical (unpaired) electrons. The van der Waals surface area contributed by atoms with E-state index < -0.39 is 0 Å². The summed E-state index contributed by atoms with van der Waals surface area (Å²) in [6.07, 6.45) is 0. The molecular formula is C35H49NO2. The van der Waals surface area contributed by atoms with E-state index in [1.165, 1.54) is 0 Å². The SMILES string of the molecule is CC(C)(C)c1cc(C(c2ccc(N)cc2)c2cc(C(C)(C)C)cc(C(C)(C)C)c2O)c(O)c(C(C)(C)C)c1. The first-order valence-electron chi connectivity index (χ1n) is 13.7. The summed E-state index contributed by atoms with van der Waals surface area (Å²) in [4.78, 5) is 0. The van der Waals surface area contributed by atoms with E-state index in [1.807, 2.05) is 24.3 Å². The van der Waals surface area contributed by atoms with E-state index in [0.29, 0.717) is 5.69 Å². The molecule has 0 bridgehead atoms. The monoisotopic (exact) mass is 515 g/mol. The van der Waals surface area contributed by atoms with Crippen LogP contribution in [0.2, 0.25) is 0 Å². The van der Waals surface area contributed by atoms with Gasteiger partial charge in [0.1, 0.15) is 11.5 Å². The van der Waals surface area contributed by atoms with Crippen molar-refractivity contribution in [3.63, 3.8) is 0 Å². The second kappa shape index (κ2) is 9.67. The van der Waals surface area contributed by atoms with Gasteiger partial charge in [-0.2, -0.15) is 0 Å². The fraction of sp³-hybridized carbons (Fsp3) is 0.486. The van der Waals surface area contributed by atoms with Gasteiger partial charge in [0.15, 0.2) is 0 Å². The number of hydrogen-bond acceptors (Lipinski definition) is 3. The summed E-state index contributed by atoms with van der Waals surface area (Å²) in [5.41, 5.74) is 12.7. The van der Waals surface area contributed by atoms with Gasteiger partial charge in [-0.3, -0.25) is 0 Å². The van der Waals surface area contributed by atoms with Gasteiger partial charge in [0.2, 0.25) is 0 Å². The second-order valence-electron chi connectivity index (χ2n) is 15.0. The number of hydrogen-bond donors (Lipinski definition) is 3. The van der Waals surface area contributed by atoms with Crippen LogP contribution in [0.3, 0.4) is 0 Å². The van der Waals surface area contributed by atoms with Gasteiger partial charge in [0.25, 0.3) is 0 Å². The highest BCUT2D eigenvalue weighted by molar-refractivity contribution is 5.61. The molecule has 4 N–H and O–H groups in total. The molecular weight excluding hydrogens is 466 g/mol. The van der Waals surface area contributed by atoms with E-state index in [0.717, 1.165) is 38.9 Å². The Kier molecular flexibility index (Phi) is 7.53. The van der Waals surface area contributed by atoms with Crippen molar-refractivity contribution in [2.24, 2.45) is 0 Å². The fourth-order valence-corrected chi connectivity index (χ4v) is 4.98. The number of anilines is 1. The molecule has 3 rings (SSSR count). The van der Waals surface area contributed by atoms with Gasteiger partial charge in [-0.05, 0) is 61.6 Å². The van der Waals surface area contributed by atoms with Gasteiger partial charge < -0.3 is 15.9 Å². The Morgan fingerprint density at radius 3 is 1.16 bits per heavy atom. The normalized spacial score (nSPS) is 13.3. The molecule has 3 aromatic carbocycles. The first kappa shape index (κ1) is 29.6. The van der Waals surface area contributed by atoms with E-state index in [1.54, 1.807) is 0 Å². The third-order valence-corrected chi connectivity index (χ3v) is 7.52. The minimum Gasteiger partial charge on any atom is -0.507 e. The molecule has 0 unspecified atom stereocenters. The minimum absolute atomic E-state index is 0.125. The summed E-state index contributed by atoms with van der Waals surface area (Å²) in [7, 11) is 0. The highest BCUT2D eigenvalue weighted by Gasteiger charge is 2.33. The molecule has 0 aliphatic carbocycles. The number of nitrogens with two attached hydrogens (primary N) is 1. The first-order chi connectivity index (χ1) is 17.1. The molecule has 3 aromatic rings. The number of aromatic hydroxyl groups is 2. The van der Waals surface area contributed by atoms with Crippen molar-refractivity contribution in [2.75, 3.05) is 5.73 Å². The average Bonchev–Trinajstić information content (AvgIpc) is 2.74. The minimum atomic E-state index is -0.387. The van der Waals surface area contributed by atoms with Crippen LogP contribution in [0, 0.1) is 0 Å². The molecule has 0 spiro atoms. The lowest BCUT2D eigenvalue weighted by Crippen LogP contribution is -2.20. The lowest BCUT2D eigenvalue weighted by molar-refractivity contribution is 0.429. The average molecular weight is 516 g/mol. The van der Waals surface area contributed by atoms with Gasteiger partial charge in [0.05, 0.1) is 0 Å². The lowest BCUT2D eigenvalue weighted by Gasteiger charge is -2.32. The summed E-state index contributed by atoms with van der Waals surface area (Å²) in [5, 5.41) is 23.8. The van der Waals surface area contributed by atoms with Crippen molar-refractivity contribution < 1.29 is 10.2 Å². The van der Waals surface area contributed by atoms with Crippen LogP contribution in [0.4, 0.5) is 5.69 Å². The Balaban J connectivity index is 2.55. The molecule has 0 saturated carbocycles. The summed E-state index contributed by atoms with van der Waals surface area (Å²) in [5.74, 6) is 0.179. The summed E-state index contributed by atoms with van der Waals surface area (Å²) < 4.78 is 0. The van der Waals surface area contributed by atoms with Gasteiger partial charge in [-0.15, -0.1) is 0 Å². The van der Waals surface area contributed by atoms with E-state index in [4.69, 9.17) is 5.73 Å². The zero-order valence-electron chi connectivity index (χ0n) is 25.7. The largest absolute Gasteiger partial charge is 0.507 e. The van der Waals surface area contributed by atoms with Crippen molar-refractivity contribution in [3.8, 4) is 11.5 Å². The topological polar surface area (TPSA) is 66.5 Å². The molecule has 38 heavy (non-hydrogen) atoms. The molecule has 0 aliphatic heterocycles. The summed E-state index contributed by atoms with van der Waals surface area (Å²) in [6, 6.07) is 16.4. The molecule has 0 aromatic heterocycles. The predicted octanol–water partition coefficient (Wildman–Crippen LogP) is 9.05. The van der Waals surface area contributed by atoms with Gasteiger partial charge in [0, 0.05) is 22.7 Å². The zero-order valence-corrected chi connectivity index (χ0v) is 25.7. The molecule has 0 amide bonds. The quantitative estimate of drug-likeness (QED) is 0.241. The van der Waals surface area contributed by atoms with Gasteiger partial charge >= 0.3 is 0 Å². The molecule has 206 valence electrons. The smallest absolute Gasteiger partial charge is 0.123 e. The Hall–Kier alpha value is -2.94. The maximum absolute atomic E-state index is 11.9. The van der Waals surface area contributed by atoms with E-state index in [9.17, 15) is 10.2 Å². The summed E-state index contributed by atoms with van der Waals surface area (Å²) in [6.45, 7) is 26.0. The van der Waals surface area contributed by atoms with E-state index >= 15 is 0 Å². The molecule has 0 saturated heterocycles. The van der Waals surface area contributed by atoms with Crippen molar-refractivity contribution in [3.05, 3.63) is 87.5 Å². The van der Waals surface area contributed by atoms with Crippen LogP contribution in [0.1, 0.15) is 128 Å². The maximum atomic E-state index is 11.9. The van der Waals surface area contributed by atoms with Crippen molar-refractivity contribution in [1.82, 2.24) is 0 Å². The Labute approximate surface area is 231 Å². The number of phenols is 2. The second-order valence-corrected chi connectivity index (χ2v) is 15.0. The standard InChI is InChI=1S/C35H49NO2/c1-32(2,3)22-17-25(30(37)27(19-22)34(7,8)9)29(21-13-15-24(36)16-14-21)26-18-23(33(4,5)6)20-28(31(26)38)35(10,11)12/h13-20,29,37-38H,36H2,1-12H3. The van der Waals surface area contributed by atoms with Crippen LogP contribution in [0.5, 0.6) is 11.5 Å². The fourth-order valence-electron chi connectivity index (χ4n) is 4.98. The molecule has 0 atom stereocenters. The Bertz CT molecular complexity index is 1220. The number of phenolic OH excluding ortho intramolecular Hbond substituents is 2. The summed E-state index contributed by atoms with van der Waals surface area (Å²) >= 11 is 0. The molecule has 0 heterocycles. The van der Waals surface area contributed by atoms with Crippen molar-refractivity contribution >= 4 is 5.69 Å². The first-order valence-corrected chi connectivity index (χ1v) is 13.7. The van der Waals surface area contributed by atoms with E-state index in [2.05, 4.69) is 107 Å². The van der Waals surface area contributed by atoms with Gasteiger partial charge in [-0.1, -0.05) is 119 Å². The number of nitrogen functional groups attached to an aromatic ring is 1. The van der Waals surface area contributed by atoms with Crippen LogP contribution < -0.4 is 5.73 Å². The van der Waals surface area contributed by atoms with Gasteiger partial charge in [-0.25, -0.2) is 0 Å². The highest BCUT2D eigenvalue weighted by atomic mass is 16.3. The predicted molar refractivity (Wildman–Crippen MR) is 163 cm³/mol. The van der Waals surface area contributed by atoms with Crippen LogP contribution in [-0.2, 0) is 21.7 Å². The van der Waals surface area contributed by atoms with Crippen LogP contribution in [-0.4, -0.2) is 10.2 Å². The number of benzene rings is 3. The zero-order chi connectivity index (χ0) is 29.0. The van der Waals surface area contributed by atoms with E-state index in [-0.39, 0.29) is 39.1 Å². The van der Waals surface area contributed by atoms with Crippen LogP contribution >= 0.6 is 0 Å². The third kappa shape index (κ3) is 6.03. The van der Waals surface area contributed by atoms with Crippen molar-refractivity contribution in [1.29, 1.82) is 0 Å². The molecule has 0 aliphatic rings. The Morgan fingerprint density at radius 1 is 0.526 bits per heavy atom. The number of rotatable bonds is 3. The molecule has 3 nitrogen and oxygen atoms in total. The maximum Gasteiger partial charge on any atom is 0.123 e.